The SMILES string of the molecule is CN1CCC(N(C)CC2COCCN2)C1. The molecule has 0 spiro atoms. The molecule has 2 rings (SSSR count). The van der Waals surface area contributed by atoms with Crippen LogP contribution >= 0.6 is 0 Å². The van der Waals surface area contributed by atoms with E-state index >= 15 is 0 Å². The third kappa shape index (κ3) is 3.14. The minimum Gasteiger partial charge on any atom is -0.378 e. The fourth-order valence-corrected chi connectivity index (χ4v) is 2.51. The molecular weight excluding hydrogens is 190 g/mol. The Balaban J connectivity index is 1.73. The molecule has 0 aliphatic carbocycles. The van der Waals surface area contributed by atoms with Crippen LogP contribution in [0.25, 0.3) is 0 Å². The van der Waals surface area contributed by atoms with Gasteiger partial charge in [-0.25, -0.2) is 0 Å². The molecule has 0 aromatic carbocycles. The molecule has 4 nitrogen and oxygen atoms in total. The van der Waals surface area contributed by atoms with Gasteiger partial charge in [-0.05, 0) is 27.1 Å². The molecule has 0 saturated carbocycles. The summed E-state index contributed by atoms with van der Waals surface area (Å²) in [5, 5.41) is 3.50. The summed E-state index contributed by atoms with van der Waals surface area (Å²) in [6.07, 6.45) is 1.31. The molecule has 0 bridgehead atoms. The van der Waals surface area contributed by atoms with Gasteiger partial charge in [0.15, 0.2) is 0 Å². The summed E-state index contributed by atoms with van der Waals surface area (Å²) in [6.45, 7) is 6.30. The number of ether oxygens (including phenoxy) is 1. The fraction of sp³-hybridized carbons (Fsp3) is 1.00. The zero-order valence-corrected chi connectivity index (χ0v) is 9.91. The van der Waals surface area contributed by atoms with Gasteiger partial charge >= 0.3 is 0 Å². The number of morpholine rings is 1. The van der Waals surface area contributed by atoms with E-state index in [0.717, 1.165) is 32.3 Å². The minimum atomic E-state index is 0.523. The molecular formula is C11H23N3O. The summed E-state index contributed by atoms with van der Waals surface area (Å²) in [4.78, 5) is 4.89. The summed E-state index contributed by atoms with van der Waals surface area (Å²) in [5.74, 6) is 0. The Morgan fingerprint density at radius 2 is 2.40 bits per heavy atom. The maximum Gasteiger partial charge on any atom is 0.0632 e. The highest BCUT2D eigenvalue weighted by Crippen LogP contribution is 2.12. The van der Waals surface area contributed by atoms with Crippen molar-refractivity contribution >= 4 is 0 Å². The number of likely N-dealkylation sites (N-methyl/N-ethyl adjacent to an activating group) is 2. The van der Waals surface area contributed by atoms with Crippen molar-refractivity contribution in [3.8, 4) is 0 Å². The van der Waals surface area contributed by atoms with Crippen LogP contribution in [0.15, 0.2) is 0 Å². The summed E-state index contributed by atoms with van der Waals surface area (Å²) in [5.41, 5.74) is 0. The Morgan fingerprint density at radius 1 is 1.53 bits per heavy atom. The molecule has 2 heterocycles. The predicted octanol–water partition coefficient (Wildman–Crippen LogP) is -0.389. The van der Waals surface area contributed by atoms with Gasteiger partial charge in [-0.1, -0.05) is 0 Å². The highest BCUT2D eigenvalue weighted by atomic mass is 16.5. The minimum absolute atomic E-state index is 0.523. The average Bonchev–Trinajstić information content (AvgIpc) is 2.66. The van der Waals surface area contributed by atoms with Crippen LogP contribution in [-0.4, -0.2) is 75.4 Å². The first-order valence-electron chi connectivity index (χ1n) is 5.95. The van der Waals surface area contributed by atoms with E-state index < -0.39 is 0 Å². The average molecular weight is 213 g/mol. The van der Waals surface area contributed by atoms with Crippen LogP contribution in [0.5, 0.6) is 0 Å². The zero-order chi connectivity index (χ0) is 10.7. The Hall–Kier alpha value is -0.160. The Bertz CT molecular complexity index is 194. The first-order valence-corrected chi connectivity index (χ1v) is 5.95. The number of nitrogens with one attached hydrogen (secondary N) is 1. The topological polar surface area (TPSA) is 27.7 Å². The molecule has 2 aliphatic heterocycles. The molecule has 15 heavy (non-hydrogen) atoms. The lowest BCUT2D eigenvalue weighted by Gasteiger charge is -2.31. The van der Waals surface area contributed by atoms with Gasteiger partial charge in [0.05, 0.1) is 13.2 Å². The summed E-state index contributed by atoms with van der Waals surface area (Å²) < 4.78 is 5.47. The van der Waals surface area contributed by atoms with E-state index in [4.69, 9.17) is 4.74 Å². The predicted molar refractivity (Wildman–Crippen MR) is 61.1 cm³/mol. The van der Waals surface area contributed by atoms with E-state index in [1.54, 1.807) is 0 Å². The van der Waals surface area contributed by atoms with Crippen molar-refractivity contribution in [1.29, 1.82) is 0 Å². The van der Waals surface area contributed by atoms with E-state index in [1.165, 1.54) is 19.5 Å². The Morgan fingerprint density at radius 3 is 3.00 bits per heavy atom. The van der Waals surface area contributed by atoms with Crippen molar-refractivity contribution in [2.45, 2.75) is 18.5 Å². The van der Waals surface area contributed by atoms with Gasteiger partial charge in [-0.2, -0.15) is 0 Å². The van der Waals surface area contributed by atoms with Gasteiger partial charge in [0.2, 0.25) is 0 Å². The number of rotatable bonds is 3. The number of likely N-dealkylation sites (tertiary alicyclic amines) is 1. The molecule has 2 fully saturated rings. The molecule has 1 N–H and O–H groups in total. The number of hydrogen-bond donors (Lipinski definition) is 1. The van der Waals surface area contributed by atoms with Crippen LogP contribution < -0.4 is 5.32 Å². The Labute approximate surface area is 92.6 Å². The normalized spacial score (nSPS) is 33.8. The monoisotopic (exact) mass is 213 g/mol. The smallest absolute Gasteiger partial charge is 0.0632 e. The molecule has 2 aliphatic rings. The van der Waals surface area contributed by atoms with Crippen molar-refractivity contribution in [2.75, 3.05) is 53.5 Å². The van der Waals surface area contributed by atoms with Crippen molar-refractivity contribution in [1.82, 2.24) is 15.1 Å². The van der Waals surface area contributed by atoms with Crippen LogP contribution in [-0.2, 0) is 4.74 Å². The summed E-state index contributed by atoms with van der Waals surface area (Å²) in [6, 6.07) is 1.26. The van der Waals surface area contributed by atoms with Gasteiger partial charge in [-0.3, -0.25) is 0 Å². The maximum atomic E-state index is 5.47. The molecule has 2 saturated heterocycles. The van der Waals surface area contributed by atoms with E-state index in [9.17, 15) is 0 Å². The van der Waals surface area contributed by atoms with Crippen LogP contribution in [0.3, 0.4) is 0 Å². The third-order valence-electron chi connectivity index (χ3n) is 3.50. The lowest BCUT2D eigenvalue weighted by molar-refractivity contribution is 0.0601. The second kappa shape index (κ2) is 5.25. The molecule has 2 atom stereocenters. The van der Waals surface area contributed by atoms with Crippen LogP contribution in [0.1, 0.15) is 6.42 Å². The quantitative estimate of drug-likeness (QED) is 0.691. The highest BCUT2D eigenvalue weighted by Gasteiger charge is 2.25. The van der Waals surface area contributed by atoms with Crippen LogP contribution in [0, 0.1) is 0 Å². The third-order valence-corrected chi connectivity index (χ3v) is 3.50. The van der Waals surface area contributed by atoms with Gasteiger partial charge in [0.1, 0.15) is 0 Å². The van der Waals surface area contributed by atoms with Crippen molar-refractivity contribution in [3.05, 3.63) is 0 Å². The van der Waals surface area contributed by atoms with Gasteiger partial charge in [0, 0.05) is 31.7 Å². The van der Waals surface area contributed by atoms with E-state index in [0.29, 0.717) is 6.04 Å². The van der Waals surface area contributed by atoms with Crippen LogP contribution in [0.2, 0.25) is 0 Å². The van der Waals surface area contributed by atoms with E-state index in [2.05, 4.69) is 29.2 Å². The Kier molecular flexibility index (Phi) is 3.97. The molecule has 0 amide bonds. The van der Waals surface area contributed by atoms with Crippen LogP contribution in [0.4, 0.5) is 0 Å². The molecule has 0 aromatic rings. The fourth-order valence-electron chi connectivity index (χ4n) is 2.51. The second-order valence-corrected chi connectivity index (χ2v) is 4.87. The summed E-state index contributed by atoms with van der Waals surface area (Å²) in [7, 11) is 4.44. The molecule has 0 aromatic heterocycles. The first kappa shape index (κ1) is 11.3. The van der Waals surface area contributed by atoms with Crippen molar-refractivity contribution in [2.24, 2.45) is 0 Å². The van der Waals surface area contributed by atoms with Gasteiger partial charge in [-0.15, -0.1) is 0 Å². The highest BCUT2D eigenvalue weighted by molar-refractivity contribution is 4.83. The standard InChI is InChI=1S/C11H23N3O/c1-13-5-3-11(8-13)14(2)7-10-9-15-6-4-12-10/h10-12H,3-9H2,1-2H3. The van der Waals surface area contributed by atoms with E-state index in [-0.39, 0.29) is 0 Å². The summed E-state index contributed by atoms with van der Waals surface area (Å²) >= 11 is 0. The van der Waals surface area contributed by atoms with Gasteiger partial charge < -0.3 is 19.9 Å². The molecule has 4 heteroatoms. The maximum absolute atomic E-state index is 5.47. The van der Waals surface area contributed by atoms with Crippen molar-refractivity contribution < 1.29 is 4.74 Å². The lowest BCUT2D eigenvalue weighted by atomic mass is 10.2. The second-order valence-electron chi connectivity index (χ2n) is 4.87. The zero-order valence-electron chi connectivity index (χ0n) is 9.91. The molecule has 0 radical (unpaired) electrons. The first-order chi connectivity index (χ1) is 7.25. The number of hydrogen-bond acceptors (Lipinski definition) is 4. The van der Waals surface area contributed by atoms with E-state index in [1.807, 2.05) is 0 Å². The lowest BCUT2D eigenvalue weighted by Crippen LogP contribution is -2.50. The van der Waals surface area contributed by atoms with Crippen molar-refractivity contribution in [3.63, 3.8) is 0 Å². The molecule has 2 unspecified atom stereocenters. The molecule has 88 valence electrons. The number of nitrogens with zero attached hydrogens (tertiary/aromatic N) is 2. The van der Waals surface area contributed by atoms with Gasteiger partial charge in [0.25, 0.3) is 0 Å². The largest absolute Gasteiger partial charge is 0.378 e.